The summed E-state index contributed by atoms with van der Waals surface area (Å²) in [5, 5.41) is 2.66. The van der Waals surface area contributed by atoms with Gasteiger partial charge in [0, 0.05) is 32.1 Å². The number of nitrogens with zero attached hydrogens (tertiary/aromatic N) is 3. The number of ketones is 1. The quantitative estimate of drug-likeness (QED) is 0.622. The number of imidazole rings is 1. The van der Waals surface area contributed by atoms with Crippen molar-refractivity contribution >= 4 is 21.7 Å². The van der Waals surface area contributed by atoms with Gasteiger partial charge in [-0.1, -0.05) is 51.1 Å². The van der Waals surface area contributed by atoms with Crippen molar-refractivity contribution in [1.29, 1.82) is 0 Å². The van der Waals surface area contributed by atoms with Gasteiger partial charge in [0.2, 0.25) is 15.9 Å². The first-order valence-corrected chi connectivity index (χ1v) is 13.0. The Balaban J connectivity index is 2.10. The molecular formula is C24H34N4O4S. The number of amides is 1. The average molecular weight is 475 g/mol. The number of hydrogen-bond acceptors (Lipinski definition) is 5. The number of Topliss-reactive ketones (excluding diaryl/α,β-unsaturated/α-hetero) is 1. The first-order valence-electron chi connectivity index (χ1n) is 11.4. The van der Waals surface area contributed by atoms with Gasteiger partial charge in [-0.3, -0.25) is 9.59 Å². The lowest BCUT2D eigenvalue weighted by atomic mass is 9.77. The molecule has 1 aliphatic heterocycles. The second kappa shape index (κ2) is 9.77. The monoisotopic (exact) mass is 474 g/mol. The molecule has 3 rings (SSSR count). The standard InChI is InChI=1S/C24H34N4O4S/c1-6-33(31,32)27-13-10-14-28-19(16-27)21(26-22(28)17-11-8-7-9-12-17)20(29)15-18(23(30)25-5)24(2,3)4/h7-9,11-12,18H,6,10,13-16H2,1-5H3,(H,25,30)/t18-/m1/s1. The minimum Gasteiger partial charge on any atom is -0.359 e. The lowest BCUT2D eigenvalue weighted by Crippen LogP contribution is -2.38. The van der Waals surface area contributed by atoms with E-state index < -0.39 is 21.4 Å². The maximum Gasteiger partial charge on any atom is 0.223 e. The summed E-state index contributed by atoms with van der Waals surface area (Å²) in [4.78, 5) is 30.8. The summed E-state index contributed by atoms with van der Waals surface area (Å²) < 4.78 is 28.8. The predicted molar refractivity (Wildman–Crippen MR) is 128 cm³/mol. The molecule has 33 heavy (non-hydrogen) atoms. The molecule has 1 amide bonds. The Morgan fingerprint density at radius 1 is 1.15 bits per heavy atom. The molecule has 0 saturated carbocycles. The van der Waals surface area contributed by atoms with E-state index in [0.29, 0.717) is 31.0 Å². The van der Waals surface area contributed by atoms with Crippen LogP contribution in [0.2, 0.25) is 0 Å². The van der Waals surface area contributed by atoms with Crippen LogP contribution in [0.1, 0.15) is 56.7 Å². The fraction of sp³-hybridized carbons (Fsp3) is 0.542. The molecule has 0 bridgehead atoms. The Morgan fingerprint density at radius 2 is 1.82 bits per heavy atom. The number of hydrogen-bond donors (Lipinski definition) is 1. The normalized spacial score (nSPS) is 16.0. The van der Waals surface area contributed by atoms with Gasteiger partial charge < -0.3 is 9.88 Å². The fourth-order valence-corrected chi connectivity index (χ4v) is 5.33. The molecule has 180 valence electrons. The Hall–Kier alpha value is -2.52. The van der Waals surface area contributed by atoms with Crippen molar-refractivity contribution < 1.29 is 18.0 Å². The van der Waals surface area contributed by atoms with Gasteiger partial charge in [0.1, 0.15) is 11.5 Å². The largest absolute Gasteiger partial charge is 0.359 e. The van der Waals surface area contributed by atoms with Gasteiger partial charge in [-0.25, -0.2) is 13.4 Å². The molecule has 0 aliphatic carbocycles. The number of carbonyl (C=O) groups is 2. The van der Waals surface area contributed by atoms with E-state index in [9.17, 15) is 18.0 Å². The molecule has 0 unspecified atom stereocenters. The molecule has 1 atom stereocenters. The molecule has 2 aromatic rings. The molecule has 8 nitrogen and oxygen atoms in total. The van der Waals surface area contributed by atoms with Gasteiger partial charge in [-0.2, -0.15) is 4.31 Å². The summed E-state index contributed by atoms with van der Waals surface area (Å²) in [5.41, 5.74) is 1.29. The maximum atomic E-state index is 13.6. The van der Waals surface area contributed by atoms with Crippen molar-refractivity contribution in [3.05, 3.63) is 41.7 Å². The van der Waals surface area contributed by atoms with Crippen molar-refractivity contribution in [2.24, 2.45) is 11.3 Å². The van der Waals surface area contributed by atoms with Crippen LogP contribution in [0, 0.1) is 11.3 Å². The highest BCUT2D eigenvalue weighted by molar-refractivity contribution is 7.89. The Morgan fingerprint density at radius 3 is 2.39 bits per heavy atom. The minimum absolute atomic E-state index is 0.00126. The van der Waals surface area contributed by atoms with Crippen molar-refractivity contribution in [3.63, 3.8) is 0 Å². The molecule has 0 radical (unpaired) electrons. The molecule has 1 aromatic carbocycles. The van der Waals surface area contributed by atoms with E-state index in [1.165, 1.54) is 4.31 Å². The minimum atomic E-state index is -3.43. The van der Waals surface area contributed by atoms with E-state index in [-0.39, 0.29) is 36.1 Å². The summed E-state index contributed by atoms with van der Waals surface area (Å²) in [6, 6.07) is 9.58. The summed E-state index contributed by atoms with van der Waals surface area (Å²) in [7, 11) is -1.87. The van der Waals surface area contributed by atoms with Crippen LogP contribution in [0.3, 0.4) is 0 Å². The second-order valence-corrected chi connectivity index (χ2v) is 11.8. The molecule has 2 heterocycles. The summed E-state index contributed by atoms with van der Waals surface area (Å²) in [6.45, 7) is 8.46. The highest BCUT2D eigenvalue weighted by atomic mass is 32.2. The molecule has 1 N–H and O–H groups in total. The van der Waals surface area contributed by atoms with E-state index >= 15 is 0 Å². The SMILES string of the molecule is CCS(=O)(=O)N1CCCn2c(-c3ccccc3)nc(C(=O)C[C@H](C(=O)NC)C(C)(C)C)c2C1. The van der Waals surface area contributed by atoms with E-state index in [2.05, 4.69) is 5.32 Å². The highest BCUT2D eigenvalue weighted by Gasteiger charge is 2.36. The van der Waals surface area contributed by atoms with E-state index in [1.807, 2.05) is 55.7 Å². The van der Waals surface area contributed by atoms with Crippen LogP contribution in [0.25, 0.3) is 11.4 Å². The molecule has 0 saturated heterocycles. The third kappa shape index (κ3) is 5.35. The summed E-state index contributed by atoms with van der Waals surface area (Å²) >= 11 is 0. The number of fused-ring (bicyclic) bond motifs is 1. The number of sulfonamides is 1. The van der Waals surface area contributed by atoms with Gasteiger partial charge in [-0.05, 0) is 18.8 Å². The van der Waals surface area contributed by atoms with Crippen molar-refractivity contribution in [1.82, 2.24) is 19.2 Å². The first kappa shape index (κ1) is 25.1. The lowest BCUT2D eigenvalue weighted by molar-refractivity contribution is -0.127. The third-order valence-electron chi connectivity index (χ3n) is 6.24. The molecular weight excluding hydrogens is 440 g/mol. The second-order valence-electron chi connectivity index (χ2n) is 9.50. The van der Waals surface area contributed by atoms with E-state index in [1.54, 1.807) is 14.0 Å². The van der Waals surface area contributed by atoms with Crippen molar-refractivity contribution in [3.8, 4) is 11.4 Å². The Kier molecular flexibility index (Phi) is 7.43. The van der Waals surface area contributed by atoms with Gasteiger partial charge >= 0.3 is 0 Å². The van der Waals surface area contributed by atoms with Gasteiger partial charge in [0.15, 0.2) is 5.78 Å². The average Bonchev–Trinajstić information content (AvgIpc) is 2.98. The van der Waals surface area contributed by atoms with Crippen LogP contribution < -0.4 is 5.32 Å². The zero-order valence-electron chi connectivity index (χ0n) is 20.1. The van der Waals surface area contributed by atoms with Crippen LogP contribution >= 0.6 is 0 Å². The first-order chi connectivity index (χ1) is 15.5. The Bertz CT molecular complexity index is 1120. The van der Waals surface area contributed by atoms with Crippen LogP contribution in [-0.4, -0.2) is 53.3 Å². The number of rotatable bonds is 7. The van der Waals surface area contributed by atoms with E-state index in [0.717, 1.165) is 5.56 Å². The topological polar surface area (TPSA) is 101 Å². The smallest absolute Gasteiger partial charge is 0.223 e. The highest BCUT2D eigenvalue weighted by Crippen LogP contribution is 2.33. The molecule has 9 heteroatoms. The molecule has 0 spiro atoms. The van der Waals surface area contributed by atoms with Gasteiger partial charge in [0.25, 0.3) is 0 Å². The number of benzene rings is 1. The fourth-order valence-electron chi connectivity index (χ4n) is 4.24. The third-order valence-corrected chi connectivity index (χ3v) is 8.07. The van der Waals surface area contributed by atoms with Crippen molar-refractivity contribution in [2.75, 3.05) is 19.3 Å². The van der Waals surface area contributed by atoms with E-state index in [4.69, 9.17) is 4.98 Å². The zero-order valence-corrected chi connectivity index (χ0v) is 20.9. The molecule has 1 aliphatic rings. The molecule has 0 fully saturated rings. The predicted octanol–water partition coefficient (Wildman–Crippen LogP) is 3.09. The molecule has 1 aromatic heterocycles. The summed E-state index contributed by atoms with van der Waals surface area (Å²) in [5.74, 6) is -0.329. The van der Waals surface area contributed by atoms with Crippen LogP contribution in [-0.2, 0) is 27.9 Å². The number of carbonyl (C=O) groups excluding carboxylic acids is 2. The lowest BCUT2D eigenvalue weighted by Gasteiger charge is -2.28. The van der Waals surface area contributed by atoms with Crippen LogP contribution in [0.5, 0.6) is 0 Å². The van der Waals surface area contributed by atoms with Gasteiger partial charge in [0.05, 0.1) is 23.9 Å². The van der Waals surface area contributed by atoms with Crippen molar-refractivity contribution in [2.45, 2.75) is 53.6 Å². The van der Waals surface area contributed by atoms with Gasteiger partial charge in [-0.15, -0.1) is 0 Å². The zero-order chi connectivity index (χ0) is 24.4. The van der Waals surface area contributed by atoms with Crippen LogP contribution in [0.4, 0.5) is 0 Å². The van der Waals surface area contributed by atoms with Crippen LogP contribution in [0.15, 0.2) is 30.3 Å². The Labute approximate surface area is 196 Å². The number of nitrogens with one attached hydrogen (secondary N) is 1. The number of aromatic nitrogens is 2. The maximum absolute atomic E-state index is 13.6. The summed E-state index contributed by atoms with van der Waals surface area (Å²) in [6.07, 6.45) is 0.626.